The van der Waals surface area contributed by atoms with Crippen LogP contribution < -0.4 is 20.1 Å². The highest BCUT2D eigenvalue weighted by Crippen LogP contribution is 2.43. The van der Waals surface area contributed by atoms with E-state index < -0.39 is 22.8 Å². The molecule has 2 aromatic carbocycles. The number of non-ortho nitro benzene ring substituents is 1. The van der Waals surface area contributed by atoms with Crippen LogP contribution in [0.25, 0.3) is 0 Å². The first-order valence-corrected chi connectivity index (χ1v) is 14.6. The Labute approximate surface area is 273 Å². The number of dihydropyridines is 1. The van der Waals surface area contributed by atoms with Crippen LogP contribution in [0.2, 0.25) is 0 Å². The van der Waals surface area contributed by atoms with Gasteiger partial charge in [-0.1, -0.05) is 38.0 Å². The molecule has 1 unspecified atom stereocenters. The van der Waals surface area contributed by atoms with Crippen molar-refractivity contribution in [3.8, 4) is 11.5 Å². The number of nitrogens with one attached hydrogen (secondary N) is 2. The van der Waals surface area contributed by atoms with Crippen molar-refractivity contribution < 1.29 is 39.7 Å². The molecule has 248 valence electrons. The van der Waals surface area contributed by atoms with Crippen LogP contribution in [0.3, 0.4) is 0 Å². The summed E-state index contributed by atoms with van der Waals surface area (Å²) in [6, 6.07) is 13.9. The molecule has 2 aromatic rings. The average molecular weight is 695 g/mol. The van der Waals surface area contributed by atoms with Crippen molar-refractivity contribution in [2.24, 2.45) is 0 Å². The number of carbonyl (C=O) groups is 2. The second-order valence-corrected chi connectivity index (χ2v) is 10.5. The number of ether oxygens (including phenoxy) is 2. The molecule has 1 aliphatic rings. The molecule has 0 spiro atoms. The number of rotatable bonds is 18. The van der Waals surface area contributed by atoms with Gasteiger partial charge in [-0.3, -0.25) is 10.1 Å². The van der Waals surface area contributed by atoms with E-state index in [0.717, 1.165) is 44.4 Å². The predicted molar refractivity (Wildman–Crippen MR) is 176 cm³/mol. The third-order valence-corrected chi connectivity index (χ3v) is 7.36. The molecule has 3 rings (SSSR count). The Hall–Kier alpha value is -3.94. The van der Waals surface area contributed by atoms with E-state index in [2.05, 4.69) is 17.6 Å². The predicted octanol–water partition coefficient (Wildman–Crippen LogP) is 5.53. The summed E-state index contributed by atoms with van der Waals surface area (Å²) in [5.74, 6) is -2.84. The molecule has 0 radical (unpaired) electrons. The number of carboxylic acid groups (broad SMARTS) is 2. The van der Waals surface area contributed by atoms with Crippen molar-refractivity contribution in [2.45, 2.75) is 71.3 Å². The molecule has 1 heterocycles. The lowest BCUT2D eigenvalue weighted by atomic mass is 9.80. The summed E-state index contributed by atoms with van der Waals surface area (Å²) in [5, 5.41) is 38.0. The van der Waals surface area contributed by atoms with Crippen LogP contribution in [0.4, 0.5) is 5.69 Å². The number of nitrogens with zero attached hydrogens (tertiary/aromatic N) is 1. The minimum atomic E-state index is -1.32. The number of nitro groups is 1. The lowest BCUT2D eigenvalue weighted by Gasteiger charge is -2.29. The van der Waals surface area contributed by atoms with E-state index in [9.17, 15) is 29.9 Å². The number of benzene rings is 2. The van der Waals surface area contributed by atoms with Crippen molar-refractivity contribution in [1.29, 1.82) is 0 Å². The molecule has 0 aromatic heterocycles. The second kappa shape index (κ2) is 19.4. The van der Waals surface area contributed by atoms with Crippen molar-refractivity contribution in [2.75, 3.05) is 19.8 Å². The number of halogens is 1. The van der Waals surface area contributed by atoms with Crippen LogP contribution >= 0.6 is 17.0 Å². The second-order valence-electron chi connectivity index (χ2n) is 10.5. The molecule has 0 saturated carbocycles. The number of hydrogen-bond donors (Lipinski definition) is 4. The highest BCUT2D eigenvalue weighted by molar-refractivity contribution is 8.93. The van der Waals surface area contributed by atoms with E-state index in [0.29, 0.717) is 13.0 Å². The molecule has 1 aliphatic heterocycles. The lowest BCUT2D eigenvalue weighted by Crippen LogP contribution is -2.31. The number of aliphatic carboxylic acids is 2. The van der Waals surface area contributed by atoms with Gasteiger partial charge in [-0.2, -0.15) is 0 Å². The molecule has 0 amide bonds. The van der Waals surface area contributed by atoms with Crippen LogP contribution in [0, 0.1) is 10.1 Å². The maximum atomic E-state index is 12.3. The quantitative estimate of drug-likeness (QED) is 0.0877. The van der Waals surface area contributed by atoms with Crippen LogP contribution in [-0.2, 0) is 9.59 Å². The largest absolute Gasteiger partial charge is 0.494 e. The minimum absolute atomic E-state index is 0. The zero-order valence-electron chi connectivity index (χ0n) is 25.8. The molecule has 0 bridgehead atoms. The van der Waals surface area contributed by atoms with E-state index >= 15 is 0 Å². The highest BCUT2D eigenvalue weighted by Gasteiger charge is 2.38. The molecule has 6 N–H and O–H groups in total. The standard InChI is InChI=1S/C32H41N3O8.BrH.H2O/c1-4-5-11-23(33-17-10-19-42-25-13-7-6-8-14-25)12-9-18-43-27-16-15-24(35(40)41)20-26(27)30-28(31(36)37)21(2)34-22(3)29(30)32(38)39;;/h6-8,13-16,20,23,30,33-34H,4-5,9-12,17-19H2,1-3H3,(H,36,37)(H,38,39);1H;1H2. The van der Waals surface area contributed by atoms with Crippen molar-refractivity contribution in [3.63, 3.8) is 0 Å². The van der Waals surface area contributed by atoms with Crippen molar-refractivity contribution in [3.05, 3.63) is 86.7 Å². The Bertz CT molecular complexity index is 1310. The van der Waals surface area contributed by atoms with Gasteiger partial charge in [0.05, 0.1) is 35.2 Å². The Balaban J connectivity index is 0.00000506. The van der Waals surface area contributed by atoms with Crippen LogP contribution in [0.15, 0.2) is 71.1 Å². The summed E-state index contributed by atoms with van der Waals surface area (Å²) in [4.78, 5) is 35.6. The number of unbranched alkanes of at least 4 members (excludes halogenated alkanes) is 1. The van der Waals surface area contributed by atoms with Crippen LogP contribution in [-0.4, -0.2) is 58.4 Å². The van der Waals surface area contributed by atoms with Gasteiger partial charge in [0.2, 0.25) is 0 Å². The summed E-state index contributed by atoms with van der Waals surface area (Å²) < 4.78 is 11.8. The average Bonchev–Trinajstić information content (AvgIpc) is 2.97. The maximum Gasteiger partial charge on any atom is 0.334 e. The van der Waals surface area contributed by atoms with Gasteiger partial charge in [-0.25, -0.2) is 9.59 Å². The minimum Gasteiger partial charge on any atom is -0.494 e. The first-order chi connectivity index (χ1) is 20.6. The van der Waals surface area contributed by atoms with Gasteiger partial charge < -0.3 is 35.8 Å². The summed E-state index contributed by atoms with van der Waals surface area (Å²) in [6.45, 7) is 6.90. The van der Waals surface area contributed by atoms with Crippen LogP contribution in [0.1, 0.15) is 70.8 Å². The number of allylic oxidation sites excluding steroid dienone is 2. The molecule has 13 heteroatoms. The Morgan fingerprint density at radius 3 is 2.13 bits per heavy atom. The van der Waals surface area contributed by atoms with Crippen molar-refractivity contribution in [1.82, 2.24) is 10.6 Å². The summed E-state index contributed by atoms with van der Waals surface area (Å²) in [5.41, 5.74) is -0.0382. The summed E-state index contributed by atoms with van der Waals surface area (Å²) in [6.07, 6.45) is 5.51. The number of para-hydroxylation sites is 1. The van der Waals surface area contributed by atoms with Gasteiger partial charge in [0.1, 0.15) is 11.5 Å². The van der Waals surface area contributed by atoms with E-state index in [-0.39, 0.29) is 74.6 Å². The van der Waals surface area contributed by atoms with Gasteiger partial charge in [-0.15, -0.1) is 17.0 Å². The number of nitro benzene ring substituents is 1. The molecule has 0 fully saturated rings. The SMILES string of the molecule is Br.CCCCC(CCCOc1ccc([N+](=O)[O-])cc1C1C(C(=O)O)=C(C)NC(C)=C1C(=O)O)NCCCOc1ccccc1.O. The first-order valence-electron chi connectivity index (χ1n) is 14.6. The molecule has 12 nitrogen and oxygen atoms in total. The molecule has 0 aliphatic carbocycles. The van der Waals surface area contributed by atoms with Gasteiger partial charge in [-0.05, 0) is 64.3 Å². The fraction of sp³-hybridized carbons (Fsp3) is 0.438. The van der Waals surface area contributed by atoms with E-state index in [1.807, 2.05) is 30.3 Å². The third kappa shape index (κ3) is 11.2. The summed E-state index contributed by atoms with van der Waals surface area (Å²) in [7, 11) is 0. The zero-order chi connectivity index (χ0) is 31.4. The van der Waals surface area contributed by atoms with Crippen LogP contribution in [0.5, 0.6) is 11.5 Å². The third-order valence-electron chi connectivity index (χ3n) is 7.36. The normalized spacial score (nSPS) is 13.7. The maximum absolute atomic E-state index is 12.3. The van der Waals surface area contributed by atoms with E-state index in [1.165, 1.54) is 32.0 Å². The van der Waals surface area contributed by atoms with Gasteiger partial charge >= 0.3 is 11.9 Å². The Morgan fingerprint density at radius 2 is 1.56 bits per heavy atom. The Kier molecular flexibility index (Phi) is 16.9. The van der Waals surface area contributed by atoms with E-state index in [4.69, 9.17) is 9.47 Å². The van der Waals surface area contributed by atoms with Gasteiger partial charge in [0, 0.05) is 35.1 Å². The molecule has 1 atom stereocenters. The van der Waals surface area contributed by atoms with E-state index in [1.54, 1.807) is 0 Å². The topological polar surface area (TPSA) is 192 Å². The summed E-state index contributed by atoms with van der Waals surface area (Å²) >= 11 is 0. The smallest absolute Gasteiger partial charge is 0.334 e. The molecular weight excluding hydrogens is 650 g/mol. The lowest BCUT2D eigenvalue weighted by molar-refractivity contribution is -0.384. The zero-order valence-corrected chi connectivity index (χ0v) is 27.5. The molecule has 0 saturated heterocycles. The Morgan fingerprint density at radius 1 is 0.956 bits per heavy atom. The molecular formula is C32H44BrN3O9. The fourth-order valence-corrected chi connectivity index (χ4v) is 5.27. The van der Waals surface area contributed by atoms with Gasteiger partial charge in [0.25, 0.3) is 5.69 Å². The van der Waals surface area contributed by atoms with Gasteiger partial charge in [0.15, 0.2) is 0 Å². The number of carboxylic acids is 2. The number of hydrogen-bond acceptors (Lipinski definition) is 8. The first kappa shape index (κ1) is 39.1. The molecule has 45 heavy (non-hydrogen) atoms. The highest BCUT2D eigenvalue weighted by atomic mass is 79.9. The fourth-order valence-electron chi connectivity index (χ4n) is 5.27. The monoisotopic (exact) mass is 693 g/mol. The van der Waals surface area contributed by atoms with Crippen molar-refractivity contribution >= 4 is 34.6 Å².